The quantitative estimate of drug-likeness (QED) is 0.305. The molecule has 4 rings (SSSR count). The van der Waals surface area contributed by atoms with Gasteiger partial charge in [-0.05, 0) is 30.7 Å². The highest BCUT2D eigenvalue weighted by molar-refractivity contribution is 6.09. The van der Waals surface area contributed by atoms with Crippen LogP contribution in [0, 0.1) is 0 Å². The molecule has 0 fully saturated rings. The molecule has 14 nitrogen and oxygen atoms in total. The number of nitrogens with two attached hydrogens (primary N) is 2. The van der Waals surface area contributed by atoms with Gasteiger partial charge in [0.1, 0.15) is 6.04 Å². The highest BCUT2D eigenvalue weighted by atomic mass is 16.4. The molecule has 0 saturated heterocycles. The lowest BCUT2D eigenvalue weighted by atomic mass is 10.1. The summed E-state index contributed by atoms with van der Waals surface area (Å²) < 4.78 is 0. The van der Waals surface area contributed by atoms with Gasteiger partial charge in [0.2, 0.25) is 5.95 Å². The number of nitrogen functional groups attached to an aromatic ring is 2. The van der Waals surface area contributed by atoms with Gasteiger partial charge in [-0.1, -0.05) is 0 Å². The Kier molecular flexibility index (Phi) is 5.63. The molecule has 1 aliphatic heterocycles. The molecular weight excluding hydrogens is 448 g/mol. The van der Waals surface area contributed by atoms with Crippen LogP contribution in [-0.2, 0) is 16.1 Å². The average Bonchev–Trinajstić information content (AvgIpc) is 3.10. The van der Waals surface area contributed by atoms with E-state index < -0.39 is 36.2 Å². The molecular formula is C20H18N8O6. The van der Waals surface area contributed by atoms with Crippen LogP contribution in [0.3, 0.4) is 0 Å². The van der Waals surface area contributed by atoms with Gasteiger partial charge in [-0.2, -0.15) is 9.97 Å². The lowest BCUT2D eigenvalue weighted by molar-refractivity contribution is -0.140. The zero-order valence-electron chi connectivity index (χ0n) is 17.4. The van der Waals surface area contributed by atoms with Crippen LogP contribution in [0.5, 0.6) is 0 Å². The van der Waals surface area contributed by atoms with E-state index in [-0.39, 0.29) is 47.2 Å². The highest BCUT2D eigenvalue weighted by Gasteiger charge is 2.33. The number of carbonyl (C=O) groups is 4. The van der Waals surface area contributed by atoms with E-state index in [1.54, 1.807) is 0 Å². The minimum Gasteiger partial charge on any atom is -0.481 e. The van der Waals surface area contributed by atoms with E-state index in [9.17, 15) is 24.3 Å². The molecule has 1 atom stereocenters. The summed E-state index contributed by atoms with van der Waals surface area (Å²) in [6.45, 7) is 0.0999. The molecule has 174 valence electrons. The van der Waals surface area contributed by atoms with Crippen molar-refractivity contribution in [3.05, 3.63) is 41.2 Å². The van der Waals surface area contributed by atoms with Gasteiger partial charge in [-0.15, -0.1) is 0 Å². The number of nitrogens with zero attached hydrogens (tertiary/aromatic N) is 5. The van der Waals surface area contributed by atoms with E-state index in [0.29, 0.717) is 11.4 Å². The Bertz CT molecular complexity index is 1340. The summed E-state index contributed by atoms with van der Waals surface area (Å²) in [7, 11) is 0. The number of hydrogen-bond donors (Lipinski definition) is 5. The number of carbonyl (C=O) groups excluding carboxylic acids is 2. The molecule has 0 aliphatic carbocycles. The van der Waals surface area contributed by atoms with E-state index in [1.165, 1.54) is 29.2 Å². The molecule has 1 aromatic carbocycles. The highest BCUT2D eigenvalue weighted by Crippen LogP contribution is 2.28. The SMILES string of the molecule is Nc1nc(N)c2nc3c(nc2n1)C(=O)N(c1ccc(C(=O)N[C@H](CCC(=O)O)C(=O)O)cc1)C3. The summed E-state index contributed by atoms with van der Waals surface area (Å²) in [5.41, 5.74) is 12.8. The van der Waals surface area contributed by atoms with Crippen LogP contribution in [0.25, 0.3) is 11.2 Å². The third kappa shape index (κ3) is 4.23. The van der Waals surface area contributed by atoms with Crippen LogP contribution >= 0.6 is 0 Å². The fourth-order valence-corrected chi connectivity index (χ4v) is 3.42. The molecule has 0 radical (unpaired) electrons. The van der Waals surface area contributed by atoms with Crippen molar-refractivity contribution in [3.63, 3.8) is 0 Å². The lowest BCUT2D eigenvalue weighted by Crippen LogP contribution is -2.41. The van der Waals surface area contributed by atoms with Gasteiger partial charge in [0.15, 0.2) is 22.7 Å². The van der Waals surface area contributed by atoms with Crippen LogP contribution < -0.4 is 21.7 Å². The van der Waals surface area contributed by atoms with Crippen molar-refractivity contribution in [2.24, 2.45) is 0 Å². The molecule has 14 heteroatoms. The monoisotopic (exact) mass is 466 g/mol. The lowest BCUT2D eigenvalue weighted by Gasteiger charge is -2.16. The third-order valence-corrected chi connectivity index (χ3v) is 5.09. The Morgan fingerprint density at radius 3 is 2.41 bits per heavy atom. The number of rotatable bonds is 7. The van der Waals surface area contributed by atoms with Crippen molar-refractivity contribution in [1.82, 2.24) is 25.3 Å². The third-order valence-electron chi connectivity index (χ3n) is 5.09. The molecule has 7 N–H and O–H groups in total. The Morgan fingerprint density at radius 1 is 1.06 bits per heavy atom. The van der Waals surface area contributed by atoms with Gasteiger partial charge in [0.25, 0.3) is 11.8 Å². The smallest absolute Gasteiger partial charge is 0.326 e. The number of benzene rings is 1. The molecule has 3 heterocycles. The molecule has 0 spiro atoms. The number of fused-ring (bicyclic) bond motifs is 2. The zero-order valence-corrected chi connectivity index (χ0v) is 17.4. The standard InChI is InChI=1S/C20H18N8O6/c21-15-14-16(27-20(22)26-15)25-13-11(23-14)7-28(18(13)32)9-3-1-8(2-4-9)17(31)24-10(19(33)34)5-6-12(29)30/h1-4,10H,5-7H2,(H,24,31)(H,29,30)(H,33,34)(H4,21,22,25,26,27)/t10-/m1/s1. The first-order valence-corrected chi connectivity index (χ1v) is 9.91. The van der Waals surface area contributed by atoms with E-state index in [1.807, 2.05) is 0 Å². The zero-order chi connectivity index (χ0) is 24.6. The van der Waals surface area contributed by atoms with Gasteiger partial charge >= 0.3 is 11.9 Å². The molecule has 0 unspecified atom stereocenters. The van der Waals surface area contributed by atoms with Gasteiger partial charge in [0, 0.05) is 17.7 Å². The summed E-state index contributed by atoms with van der Waals surface area (Å²) in [5, 5.41) is 20.2. The van der Waals surface area contributed by atoms with Gasteiger partial charge in [0.05, 0.1) is 12.2 Å². The minimum absolute atomic E-state index is 0.0436. The number of aromatic nitrogens is 4. The Morgan fingerprint density at radius 2 is 1.76 bits per heavy atom. The number of aliphatic carboxylic acids is 2. The second-order valence-corrected chi connectivity index (χ2v) is 7.39. The van der Waals surface area contributed by atoms with Crippen molar-refractivity contribution in [3.8, 4) is 0 Å². The maximum Gasteiger partial charge on any atom is 0.326 e. The number of hydrogen-bond acceptors (Lipinski definition) is 10. The molecule has 2 amide bonds. The molecule has 2 aromatic heterocycles. The second kappa shape index (κ2) is 8.57. The predicted octanol–water partition coefficient (Wildman–Crippen LogP) is -0.208. The fourth-order valence-electron chi connectivity index (χ4n) is 3.42. The molecule has 34 heavy (non-hydrogen) atoms. The number of anilines is 3. The maximum atomic E-state index is 12.9. The summed E-state index contributed by atoms with van der Waals surface area (Å²) in [6.07, 6.45) is -0.668. The summed E-state index contributed by atoms with van der Waals surface area (Å²) in [6, 6.07) is 4.50. The van der Waals surface area contributed by atoms with E-state index in [2.05, 4.69) is 25.3 Å². The first-order chi connectivity index (χ1) is 16.1. The van der Waals surface area contributed by atoms with Crippen molar-refractivity contribution in [1.29, 1.82) is 0 Å². The molecule has 3 aromatic rings. The van der Waals surface area contributed by atoms with E-state index >= 15 is 0 Å². The fraction of sp³-hybridized carbons (Fsp3) is 0.200. The molecule has 0 saturated carbocycles. The van der Waals surface area contributed by atoms with Crippen LogP contribution in [0.4, 0.5) is 17.5 Å². The second-order valence-electron chi connectivity index (χ2n) is 7.39. The first kappa shape index (κ1) is 22.3. The summed E-state index contributed by atoms with van der Waals surface area (Å²) >= 11 is 0. The van der Waals surface area contributed by atoms with Gasteiger partial charge in [-0.3, -0.25) is 14.4 Å². The van der Waals surface area contributed by atoms with Crippen LogP contribution in [0.2, 0.25) is 0 Å². The Labute approximate surface area is 190 Å². The van der Waals surface area contributed by atoms with Crippen LogP contribution in [-0.4, -0.2) is 59.9 Å². The van der Waals surface area contributed by atoms with Crippen LogP contribution in [0.15, 0.2) is 24.3 Å². The Balaban J connectivity index is 1.52. The van der Waals surface area contributed by atoms with Crippen molar-refractivity contribution in [2.75, 3.05) is 16.4 Å². The minimum atomic E-state index is -1.35. The molecule has 0 bridgehead atoms. The average molecular weight is 466 g/mol. The van der Waals surface area contributed by atoms with E-state index in [0.717, 1.165) is 0 Å². The number of carboxylic acid groups (broad SMARTS) is 2. The maximum absolute atomic E-state index is 12.9. The largest absolute Gasteiger partial charge is 0.481 e. The number of amides is 2. The van der Waals surface area contributed by atoms with E-state index in [4.69, 9.17) is 16.6 Å². The predicted molar refractivity (Wildman–Crippen MR) is 117 cm³/mol. The number of carboxylic acids is 2. The normalized spacial score (nSPS) is 13.5. The number of nitrogens with one attached hydrogen (secondary N) is 1. The van der Waals surface area contributed by atoms with Crippen molar-refractivity contribution in [2.45, 2.75) is 25.4 Å². The van der Waals surface area contributed by atoms with Crippen molar-refractivity contribution >= 4 is 52.4 Å². The summed E-state index contributed by atoms with van der Waals surface area (Å²) in [5.74, 6) is -3.69. The molecule has 1 aliphatic rings. The summed E-state index contributed by atoms with van der Waals surface area (Å²) in [4.78, 5) is 65.1. The van der Waals surface area contributed by atoms with Gasteiger partial charge < -0.3 is 31.9 Å². The van der Waals surface area contributed by atoms with Crippen molar-refractivity contribution < 1.29 is 29.4 Å². The first-order valence-electron chi connectivity index (χ1n) is 9.91. The van der Waals surface area contributed by atoms with Gasteiger partial charge in [-0.25, -0.2) is 14.8 Å². The topological polar surface area (TPSA) is 228 Å². The Hall–Kier alpha value is -4.88. The van der Waals surface area contributed by atoms with Crippen LogP contribution in [0.1, 0.15) is 39.4 Å².